The van der Waals surface area contributed by atoms with Gasteiger partial charge in [0.15, 0.2) is 0 Å². The van der Waals surface area contributed by atoms with Gasteiger partial charge < -0.3 is 36.8 Å². The standard InChI is InChI=1S/C30H42N8/c1-4-10-28-25(7-1)34-16-13-31-19-22-37-23-20-32-14-17-35-26-8-2-5-11-29(26)38(28)30-12-6-3-9-27(30)36-18-15-33-21-24-37/h1-12,31-36H,13-24H2. The van der Waals surface area contributed by atoms with Crippen molar-refractivity contribution in [2.45, 2.75) is 0 Å². The molecule has 3 heterocycles. The van der Waals surface area contributed by atoms with E-state index >= 15 is 0 Å². The summed E-state index contributed by atoms with van der Waals surface area (Å²) in [7, 11) is 0. The number of fused-ring (bicyclic) bond motifs is 15. The summed E-state index contributed by atoms with van der Waals surface area (Å²) in [5.41, 5.74) is 6.73. The molecule has 0 aliphatic carbocycles. The molecule has 0 fully saturated rings. The molecular formula is C30H42N8. The number of nitrogens with zero attached hydrogens (tertiary/aromatic N) is 2. The summed E-state index contributed by atoms with van der Waals surface area (Å²) in [5.74, 6) is 0. The highest BCUT2D eigenvalue weighted by atomic mass is 15.2. The van der Waals surface area contributed by atoms with E-state index in [4.69, 9.17) is 0 Å². The van der Waals surface area contributed by atoms with E-state index in [-0.39, 0.29) is 0 Å². The van der Waals surface area contributed by atoms with E-state index in [1.165, 1.54) is 0 Å². The number of hydrogen-bond donors (Lipinski definition) is 6. The van der Waals surface area contributed by atoms with Crippen LogP contribution >= 0.6 is 0 Å². The van der Waals surface area contributed by atoms with E-state index < -0.39 is 0 Å². The third-order valence-corrected chi connectivity index (χ3v) is 7.10. The van der Waals surface area contributed by atoms with Crippen molar-refractivity contribution in [3.63, 3.8) is 0 Å². The van der Waals surface area contributed by atoms with Crippen molar-refractivity contribution in [3.8, 4) is 0 Å². The average Bonchev–Trinajstić information content (AvgIpc) is 2.95. The second-order valence-corrected chi connectivity index (χ2v) is 9.76. The van der Waals surface area contributed by atoms with Crippen LogP contribution in [0.15, 0.2) is 72.8 Å². The quantitative estimate of drug-likeness (QED) is 0.272. The molecule has 6 N–H and O–H groups in total. The topological polar surface area (TPSA) is 78.7 Å². The molecule has 0 atom stereocenters. The zero-order chi connectivity index (χ0) is 25.8. The van der Waals surface area contributed by atoms with Gasteiger partial charge in [0.05, 0.1) is 34.1 Å². The van der Waals surface area contributed by atoms with Crippen molar-refractivity contribution in [1.82, 2.24) is 20.9 Å². The first kappa shape index (κ1) is 26.3. The van der Waals surface area contributed by atoms with Gasteiger partial charge in [0, 0.05) is 78.5 Å². The first-order valence-corrected chi connectivity index (χ1v) is 14.0. The van der Waals surface area contributed by atoms with E-state index in [1.807, 2.05) is 0 Å². The van der Waals surface area contributed by atoms with Crippen LogP contribution in [0.25, 0.3) is 0 Å². The molecule has 0 amide bonds. The number of anilines is 6. The van der Waals surface area contributed by atoms with E-state index in [1.54, 1.807) is 0 Å². The minimum absolute atomic E-state index is 0.855. The number of nitrogens with one attached hydrogen (secondary N) is 6. The predicted molar refractivity (Wildman–Crippen MR) is 162 cm³/mol. The van der Waals surface area contributed by atoms with Gasteiger partial charge in [-0.15, -0.1) is 0 Å². The van der Waals surface area contributed by atoms with E-state index in [0.29, 0.717) is 0 Å². The molecule has 3 aliphatic rings. The van der Waals surface area contributed by atoms with Gasteiger partial charge in [-0.05, 0) is 36.4 Å². The molecule has 3 aliphatic heterocycles. The third-order valence-electron chi connectivity index (χ3n) is 7.10. The molecule has 6 rings (SSSR count). The molecule has 0 radical (unpaired) electrons. The van der Waals surface area contributed by atoms with Gasteiger partial charge in [0.2, 0.25) is 0 Å². The van der Waals surface area contributed by atoms with Crippen LogP contribution in [0.2, 0.25) is 0 Å². The van der Waals surface area contributed by atoms with Crippen molar-refractivity contribution < 1.29 is 0 Å². The molecule has 0 saturated carbocycles. The number of rotatable bonds is 0. The lowest BCUT2D eigenvalue weighted by atomic mass is 10.1. The Balaban J connectivity index is 1.60. The summed E-state index contributed by atoms with van der Waals surface area (Å²) in [6.45, 7) is 11.4. The highest BCUT2D eigenvalue weighted by molar-refractivity contribution is 5.93. The third kappa shape index (κ3) is 6.96. The minimum atomic E-state index is 0.855. The SMILES string of the molecule is c1ccc2c(c1)NCCNCCN1CCNCCNc3ccccc3N2c2ccccc2NCCNCC1. The summed E-state index contributed by atoms with van der Waals surface area (Å²) in [6, 6.07) is 25.9. The van der Waals surface area contributed by atoms with Crippen LogP contribution in [0.3, 0.4) is 0 Å². The van der Waals surface area contributed by atoms with E-state index in [9.17, 15) is 0 Å². The maximum absolute atomic E-state index is 3.72. The summed E-state index contributed by atoms with van der Waals surface area (Å²) >= 11 is 0. The zero-order valence-electron chi connectivity index (χ0n) is 22.3. The summed E-state index contributed by atoms with van der Waals surface area (Å²) in [6.07, 6.45) is 0. The minimum Gasteiger partial charge on any atom is -0.382 e. The predicted octanol–water partition coefficient (Wildman–Crippen LogP) is 3.49. The number of para-hydroxylation sites is 6. The maximum Gasteiger partial charge on any atom is 0.0695 e. The molecular weight excluding hydrogens is 472 g/mol. The Morgan fingerprint density at radius 2 is 0.737 bits per heavy atom. The highest BCUT2D eigenvalue weighted by Crippen LogP contribution is 2.44. The van der Waals surface area contributed by atoms with Crippen LogP contribution in [0.5, 0.6) is 0 Å². The fourth-order valence-corrected chi connectivity index (χ4v) is 5.12. The summed E-state index contributed by atoms with van der Waals surface area (Å²) in [4.78, 5) is 4.93. The first-order chi connectivity index (χ1) is 18.9. The molecule has 0 aromatic heterocycles. The fourth-order valence-electron chi connectivity index (χ4n) is 5.12. The van der Waals surface area contributed by atoms with Gasteiger partial charge in [0.1, 0.15) is 0 Å². The Morgan fingerprint density at radius 3 is 1.11 bits per heavy atom. The van der Waals surface area contributed by atoms with Crippen molar-refractivity contribution in [2.75, 3.05) is 99.4 Å². The Kier molecular flexibility index (Phi) is 9.71. The molecule has 3 aromatic carbocycles. The Hall–Kier alpha value is -3.30. The van der Waals surface area contributed by atoms with Crippen LogP contribution in [0.1, 0.15) is 0 Å². The molecule has 0 unspecified atom stereocenters. The lowest BCUT2D eigenvalue weighted by Gasteiger charge is -2.32. The second kappa shape index (κ2) is 14.0. The van der Waals surface area contributed by atoms with Crippen LogP contribution in [-0.4, -0.2) is 83.4 Å². The normalized spacial score (nSPS) is 18.5. The monoisotopic (exact) mass is 514 g/mol. The van der Waals surface area contributed by atoms with Crippen LogP contribution in [-0.2, 0) is 0 Å². The van der Waals surface area contributed by atoms with Gasteiger partial charge in [-0.2, -0.15) is 0 Å². The van der Waals surface area contributed by atoms with Crippen LogP contribution in [0, 0.1) is 0 Å². The van der Waals surface area contributed by atoms with Gasteiger partial charge in [-0.3, -0.25) is 4.90 Å². The molecule has 8 heteroatoms. The molecule has 38 heavy (non-hydrogen) atoms. The number of benzene rings is 3. The first-order valence-electron chi connectivity index (χ1n) is 14.0. The van der Waals surface area contributed by atoms with Gasteiger partial charge in [-0.25, -0.2) is 0 Å². The van der Waals surface area contributed by atoms with Crippen molar-refractivity contribution >= 4 is 34.1 Å². The van der Waals surface area contributed by atoms with Crippen molar-refractivity contribution in [1.29, 1.82) is 0 Å². The Bertz CT molecular complexity index is 995. The smallest absolute Gasteiger partial charge is 0.0695 e. The van der Waals surface area contributed by atoms with Gasteiger partial charge >= 0.3 is 0 Å². The van der Waals surface area contributed by atoms with E-state index in [0.717, 1.165) is 113 Å². The van der Waals surface area contributed by atoms with Crippen LogP contribution in [0.4, 0.5) is 34.1 Å². The lowest BCUT2D eigenvalue weighted by molar-refractivity contribution is 0.273. The summed E-state index contributed by atoms with van der Waals surface area (Å²) in [5, 5.41) is 22.1. The molecule has 0 spiro atoms. The Morgan fingerprint density at radius 1 is 0.395 bits per heavy atom. The van der Waals surface area contributed by atoms with E-state index in [2.05, 4.69) is 114 Å². The number of hydrogen-bond acceptors (Lipinski definition) is 8. The molecule has 0 saturated heterocycles. The van der Waals surface area contributed by atoms with Crippen molar-refractivity contribution in [3.05, 3.63) is 72.8 Å². The van der Waals surface area contributed by atoms with Gasteiger partial charge in [0.25, 0.3) is 0 Å². The van der Waals surface area contributed by atoms with Crippen LogP contribution < -0.4 is 36.8 Å². The van der Waals surface area contributed by atoms with Gasteiger partial charge in [-0.1, -0.05) is 36.4 Å². The maximum atomic E-state index is 3.72. The average molecular weight is 515 g/mol. The largest absolute Gasteiger partial charge is 0.382 e. The fraction of sp³-hybridized carbons (Fsp3) is 0.400. The highest BCUT2D eigenvalue weighted by Gasteiger charge is 2.21. The van der Waals surface area contributed by atoms with Crippen molar-refractivity contribution in [2.24, 2.45) is 0 Å². The molecule has 202 valence electrons. The molecule has 3 aromatic rings. The lowest BCUT2D eigenvalue weighted by Crippen LogP contribution is -2.42. The zero-order valence-corrected chi connectivity index (χ0v) is 22.3. The molecule has 2 bridgehead atoms. The summed E-state index contributed by atoms with van der Waals surface area (Å²) < 4.78 is 0. The molecule has 8 nitrogen and oxygen atoms in total. The second-order valence-electron chi connectivity index (χ2n) is 9.76. The Labute approximate surface area is 227 Å².